The van der Waals surface area contributed by atoms with Gasteiger partial charge in [0.2, 0.25) is 0 Å². The highest BCUT2D eigenvalue weighted by Crippen LogP contribution is 2.24. The van der Waals surface area contributed by atoms with Crippen molar-refractivity contribution < 1.29 is 20.4 Å². The zero-order chi connectivity index (χ0) is 22.1. The molecule has 0 amide bonds. The van der Waals surface area contributed by atoms with Crippen LogP contribution >= 0.6 is 0 Å². The molecule has 5 heteroatoms. The van der Waals surface area contributed by atoms with Gasteiger partial charge >= 0.3 is 0 Å². The molecule has 4 atom stereocenters. The van der Waals surface area contributed by atoms with Crippen molar-refractivity contribution in [3.63, 3.8) is 0 Å². The minimum absolute atomic E-state index is 0.263. The van der Waals surface area contributed by atoms with Crippen molar-refractivity contribution in [1.82, 2.24) is 5.32 Å². The van der Waals surface area contributed by atoms with E-state index in [4.69, 9.17) is 0 Å². The first-order chi connectivity index (χ1) is 15.1. The van der Waals surface area contributed by atoms with Crippen LogP contribution in [0.4, 0.5) is 0 Å². The van der Waals surface area contributed by atoms with E-state index in [1.54, 1.807) is 6.08 Å². The van der Waals surface area contributed by atoms with E-state index in [1.165, 1.54) is 0 Å². The zero-order valence-electron chi connectivity index (χ0n) is 17.2. The number of hydrogen-bond acceptors (Lipinski definition) is 5. The Morgan fingerprint density at radius 1 is 0.677 bits per heavy atom. The molecule has 0 aliphatic carbocycles. The molecule has 3 rings (SSSR count). The number of benzene rings is 3. The first kappa shape index (κ1) is 22.9. The third-order valence-corrected chi connectivity index (χ3v) is 5.22. The highest BCUT2D eigenvalue weighted by molar-refractivity contribution is 5.50. The molecular weight excluding hydrogens is 390 g/mol. The molecule has 0 spiro atoms. The van der Waals surface area contributed by atoms with Gasteiger partial charge in [-0.2, -0.15) is 0 Å². The summed E-state index contributed by atoms with van der Waals surface area (Å²) in [7, 11) is 0. The third-order valence-electron chi connectivity index (χ3n) is 5.22. The van der Waals surface area contributed by atoms with Gasteiger partial charge in [0.25, 0.3) is 0 Å². The molecule has 5 N–H and O–H groups in total. The molecule has 0 saturated carbocycles. The minimum atomic E-state index is -1.52. The fourth-order valence-electron chi connectivity index (χ4n) is 3.46. The summed E-state index contributed by atoms with van der Waals surface area (Å²) in [6, 6.07) is 28.3. The SMILES string of the molecule is OC[C@@H](O)C(O)[C@H](O)[C@@H](/C=C/c1ccccc1)NC(c1ccccc1)c1ccccc1. The number of aliphatic hydroxyl groups excluding tert-OH is 4. The molecule has 0 fully saturated rings. The lowest BCUT2D eigenvalue weighted by Crippen LogP contribution is -2.51. The summed E-state index contributed by atoms with van der Waals surface area (Å²) in [5.74, 6) is 0. The molecule has 162 valence electrons. The molecular formula is C26H29NO4. The Bertz CT molecular complexity index is 878. The summed E-state index contributed by atoms with van der Waals surface area (Å²) in [5.41, 5.74) is 2.93. The summed E-state index contributed by atoms with van der Waals surface area (Å²) in [4.78, 5) is 0. The van der Waals surface area contributed by atoms with Gasteiger partial charge in [0.15, 0.2) is 0 Å². The van der Waals surface area contributed by atoms with Crippen LogP contribution in [0.15, 0.2) is 97.1 Å². The van der Waals surface area contributed by atoms with E-state index >= 15 is 0 Å². The molecule has 0 bridgehead atoms. The van der Waals surface area contributed by atoms with Gasteiger partial charge in [-0.25, -0.2) is 0 Å². The first-order valence-electron chi connectivity index (χ1n) is 10.3. The predicted molar refractivity (Wildman–Crippen MR) is 122 cm³/mol. The normalized spacial score (nSPS) is 15.6. The number of hydrogen-bond donors (Lipinski definition) is 5. The van der Waals surface area contributed by atoms with Crippen LogP contribution in [0.5, 0.6) is 0 Å². The molecule has 0 aliphatic heterocycles. The van der Waals surface area contributed by atoms with Crippen LogP contribution in [0, 0.1) is 0 Å². The van der Waals surface area contributed by atoms with Gasteiger partial charge in [-0.3, -0.25) is 5.32 Å². The van der Waals surface area contributed by atoms with E-state index in [2.05, 4.69) is 5.32 Å². The summed E-state index contributed by atoms with van der Waals surface area (Å²) in [6.07, 6.45) is -0.693. The fourth-order valence-corrected chi connectivity index (χ4v) is 3.46. The van der Waals surface area contributed by atoms with Gasteiger partial charge in [0.1, 0.15) is 18.3 Å². The van der Waals surface area contributed by atoms with Crippen LogP contribution < -0.4 is 5.32 Å². The number of nitrogens with one attached hydrogen (secondary N) is 1. The van der Waals surface area contributed by atoms with Gasteiger partial charge < -0.3 is 20.4 Å². The van der Waals surface area contributed by atoms with Crippen molar-refractivity contribution >= 4 is 6.08 Å². The lowest BCUT2D eigenvalue weighted by molar-refractivity contribution is -0.0827. The Balaban J connectivity index is 1.94. The van der Waals surface area contributed by atoms with E-state index in [-0.39, 0.29) is 6.04 Å². The van der Waals surface area contributed by atoms with Crippen LogP contribution in [0.3, 0.4) is 0 Å². The lowest BCUT2D eigenvalue weighted by Gasteiger charge is -2.31. The van der Waals surface area contributed by atoms with Gasteiger partial charge in [-0.15, -0.1) is 0 Å². The van der Waals surface area contributed by atoms with Crippen LogP contribution in [-0.4, -0.2) is 51.4 Å². The van der Waals surface area contributed by atoms with Crippen LogP contribution in [-0.2, 0) is 0 Å². The van der Waals surface area contributed by atoms with E-state index in [1.807, 2.05) is 97.1 Å². The lowest BCUT2D eigenvalue weighted by atomic mass is 9.94. The van der Waals surface area contributed by atoms with E-state index in [9.17, 15) is 20.4 Å². The maximum absolute atomic E-state index is 10.9. The molecule has 0 saturated heterocycles. The molecule has 0 aromatic heterocycles. The molecule has 0 aliphatic rings. The summed E-state index contributed by atoms with van der Waals surface area (Å²) < 4.78 is 0. The molecule has 5 nitrogen and oxygen atoms in total. The zero-order valence-corrected chi connectivity index (χ0v) is 17.2. The standard InChI is InChI=1S/C26H29NO4/c28-18-23(29)26(31)25(30)22(17-16-19-10-4-1-5-11-19)27-24(20-12-6-2-7-13-20)21-14-8-3-9-15-21/h1-17,22-31H,18H2/b17-16+/t22-,23-,25-,26?/m1/s1. The Hall–Kier alpha value is -2.80. The van der Waals surface area contributed by atoms with E-state index < -0.39 is 31.0 Å². The van der Waals surface area contributed by atoms with Gasteiger partial charge in [-0.1, -0.05) is 103 Å². The topological polar surface area (TPSA) is 93.0 Å². The van der Waals surface area contributed by atoms with Crippen molar-refractivity contribution in [3.05, 3.63) is 114 Å². The maximum atomic E-state index is 10.9. The summed E-state index contributed by atoms with van der Waals surface area (Å²) in [6.45, 7) is -0.645. The smallest absolute Gasteiger partial charge is 0.110 e. The average Bonchev–Trinajstić information content (AvgIpc) is 2.84. The minimum Gasteiger partial charge on any atom is -0.394 e. The Morgan fingerprint density at radius 3 is 1.65 bits per heavy atom. The monoisotopic (exact) mass is 419 g/mol. The van der Waals surface area contributed by atoms with Crippen molar-refractivity contribution in [3.8, 4) is 0 Å². The second-order valence-electron chi connectivity index (χ2n) is 7.45. The molecule has 0 radical (unpaired) electrons. The van der Waals surface area contributed by atoms with E-state index in [0.29, 0.717) is 0 Å². The molecule has 3 aromatic carbocycles. The Kier molecular flexibility index (Phi) is 8.53. The van der Waals surface area contributed by atoms with Crippen molar-refractivity contribution in [1.29, 1.82) is 0 Å². The summed E-state index contributed by atoms with van der Waals surface area (Å²) >= 11 is 0. The second kappa shape index (κ2) is 11.6. The Morgan fingerprint density at radius 2 is 1.16 bits per heavy atom. The van der Waals surface area contributed by atoms with Gasteiger partial charge in [-0.05, 0) is 16.7 Å². The highest BCUT2D eigenvalue weighted by atomic mass is 16.4. The summed E-state index contributed by atoms with van der Waals surface area (Å²) in [5, 5.41) is 43.8. The molecule has 0 heterocycles. The molecule has 3 aromatic rings. The van der Waals surface area contributed by atoms with Gasteiger partial charge in [0, 0.05) is 0 Å². The molecule has 31 heavy (non-hydrogen) atoms. The van der Waals surface area contributed by atoms with Gasteiger partial charge in [0.05, 0.1) is 18.7 Å². The quantitative estimate of drug-likeness (QED) is 0.348. The second-order valence-corrected chi connectivity index (χ2v) is 7.45. The van der Waals surface area contributed by atoms with Crippen molar-refractivity contribution in [2.45, 2.75) is 30.4 Å². The van der Waals surface area contributed by atoms with E-state index in [0.717, 1.165) is 16.7 Å². The maximum Gasteiger partial charge on any atom is 0.110 e. The van der Waals surface area contributed by atoms with Crippen molar-refractivity contribution in [2.75, 3.05) is 6.61 Å². The Labute approximate surface area is 183 Å². The predicted octanol–water partition coefficient (Wildman–Crippen LogP) is 2.52. The highest BCUT2D eigenvalue weighted by Gasteiger charge is 2.31. The van der Waals surface area contributed by atoms with Crippen LogP contribution in [0.1, 0.15) is 22.7 Å². The van der Waals surface area contributed by atoms with Crippen LogP contribution in [0.25, 0.3) is 6.08 Å². The first-order valence-corrected chi connectivity index (χ1v) is 10.3. The fraction of sp³-hybridized carbons (Fsp3) is 0.231. The van der Waals surface area contributed by atoms with Crippen LogP contribution in [0.2, 0.25) is 0 Å². The largest absolute Gasteiger partial charge is 0.394 e. The number of aliphatic hydroxyl groups is 4. The third kappa shape index (κ3) is 6.34. The molecule has 1 unspecified atom stereocenters. The number of rotatable bonds is 10. The average molecular weight is 420 g/mol. The van der Waals surface area contributed by atoms with Crippen molar-refractivity contribution in [2.24, 2.45) is 0 Å².